The molecule has 0 amide bonds. The van der Waals surface area contributed by atoms with Crippen molar-refractivity contribution in [3.05, 3.63) is 35.4 Å². The first-order chi connectivity index (χ1) is 9.83. The molecule has 1 saturated heterocycles. The normalized spacial score (nSPS) is 21.2. The van der Waals surface area contributed by atoms with Crippen LogP contribution in [0.2, 0.25) is 0 Å². The van der Waals surface area contributed by atoms with Crippen molar-refractivity contribution >= 4 is 5.78 Å². The monoisotopic (exact) mass is 271 g/mol. The third kappa shape index (κ3) is 3.29. The molecular formula is C18H25NO. The Labute approximate surface area is 122 Å². The molecule has 108 valence electrons. The van der Waals surface area contributed by atoms with Gasteiger partial charge in [-0.05, 0) is 50.3 Å². The average Bonchev–Trinajstić information content (AvgIpc) is 3.03. The second-order valence-corrected chi connectivity index (χ2v) is 6.36. The average molecular weight is 271 g/mol. The summed E-state index contributed by atoms with van der Waals surface area (Å²) in [5.74, 6) is 1.02. The molecule has 0 aromatic heterocycles. The highest BCUT2D eigenvalue weighted by atomic mass is 16.1. The van der Waals surface area contributed by atoms with Crippen LogP contribution in [0.5, 0.6) is 0 Å². The molecule has 1 aromatic rings. The van der Waals surface area contributed by atoms with E-state index in [4.69, 9.17) is 0 Å². The number of likely N-dealkylation sites (tertiary alicyclic amines) is 1. The fraction of sp³-hybridized carbons (Fsp3) is 0.611. The summed E-state index contributed by atoms with van der Waals surface area (Å²) in [6.07, 6.45) is 9.17. The summed E-state index contributed by atoms with van der Waals surface area (Å²) >= 11 is 0. The van der Waals surface area contributed by atoms with E-state index in [9.17, 15) is 4.79 Å². The molecule has 2 nitrogen and oxygen atoms in total. The molecular weight excluding hydrogens is 246 g/mol. The largest absolute Gasteiger partial charge is 0.296 e. The first kappa shape index (κ1) is 13.8. The lowest BCUT2D eigenvalue weighted by Crippen LogP contribution is -2.34. The third-order valence-electron chi connectivity index (χ3n) is 4.88. The van der Waals surface area contributed by atoms with Gasteiger partial charge in [0.25, 0.3) is 0 Å². The minimum Gasteiger partial charge on any atom is -0.296 e. The van der Waals surface area contributed by atoms with Crippen LogP contribution in [0, 0.1) is 0 Å². The summed E-state index contributed by atoms with van der Waals surface area (Å²) in [4.78, 5) is 14.6. The van der Waals surface area contributed by atoms with Crippen LogP contribution in [-0.2, 0) is 0 Å². The van der Waals surface area contributed by atoms with Gasteiger partial charge in [-0.2, -0.15) is 0 Å². The van der Waals surface area contributed by atoms with Gasteiger partial charge in [-0.1, -0.05) is 43.5 Å². The van der Waals surface area contributed by atoms with E-state index in [1.807, 2.05) is 12.1 Å². The van der Waals surface area contributed by atoms with Crippen LogP contribution in [0.1, 0.15) is 66.8 Å². The second-order valence-electron chi connectivity index (χ2n) is 6.36. The van der Waals surface area contributed by atoms with Crippen molar-refractivity contribution in [2.24, 2.45) is 0 Å². The number of carbonyl (C=O) groups is 1. The van der Waals surface area contributed by atoms with Crippen LogP contribution in [-0.4, -0.2) is 30.3 Å². The van der Waals surface area contributed by atoms with Crippen molar-refractivity contribution in [1.29, 1.82) is 0 Å². The summed E-state index contributed by atoms with van der Waals surface area (Å²) in [6.45, 7) is 2.78. The standard InChI is InChI=1S/C18H25NO/c20-18(14-19-12-4-1-5-13-19)17-10-8-16(9-11-17)15-6-2-3-7-15/h8-11,15H,1-7,12-14H2. The zero-order valence-corrected chi connectivity index (χ0v) is 12.3. The lowest BCUT2D eigenvalue weighted by molar-refractivity contribution is 0.0915. The van der Waals surface area contributed by atoms with Gasteiger partial charge >= 0.3 is 0 Å². The minimum atomic E-state index is 0.282. The van der Waals surface area contributed by atoms with Crippen molar-refractivity contribution in [2.45, 2.75) is 50.9 Å². The Morgan fingerprint density at radius 3 is 2.25 bits per heavy atom. The lowest BCUT2D eigenvalue weighted by Gasteiger charge is -2.25. The summed E-state index contributed by atoms with van der Waals surface area (Å²) in [5, 5.41) is 0. The Hall–Kier alpha value is -1.15. The number of rotatable bonds is 4. The van der Waals surface area contributed by atoms with E-state index in [1.165, 1.54) is 50.5 Å². The maximum atomic E-state index is 12.3. The zero-order chi connectivity index (χ0) is 13.8. The molecule has 3 rings (SSSR count). The molecule has 1 aliphatic heterocycles. The van der Waals surface area contributed by atoms with Gasteiger partial charge in [-0.3, -0.25) is 9.69 Å². The van der Waals surface area contributed by atoms with Gasteiger partial charge < -0.3 is 0 Å². The maximum absolute atomic E-state index is 12.3. The fourth-order valence-corrected chi connectivity index (χ4v) is 3.61. The highest BCUT2D eigenvalue weighted by molar-refractivity contribution is 5.97. The second kappa shape index (κ2) is 6.53. The Morgan fingerprint density at radius 1 is 0.950 bits per heavy atom. The molecule has 2 aliphatic rings. The number of Topliss-reactive ketones (excluding diaryl/α,β-unsaturated/α-hetero) is 1. The van der Waals surface area contributed by atoms with Gasteiger partial charge in [0.2, 0.25) is 0 Å². The molecule has 1 aromatic carbocycles. The van der Waals surface area contributed by atoms with Crippen LogP contribution in [0.15, 0.2) is 24.3 Å². The van der Waals surface area contributed by atoms with E-state index in [-0.39, 0.29) is 5.78 Å². The maximum Gasteiger partial charge on any atom is 0.176 e. The molecule has 0 spiro atoms. The van der Waals surface area contributed by atoms with Crippen molar-refractivity contribution in [3.63, 3.8) is 0 Å². The third-order valence-corrected chi connectivity index (χ3v) is 4.88. The van der Waals surface area contributed by atoms with Gasteiger partial charge in [0, 0.05) is 5.56 Å². The van der Waals surface area contributed by atoms with Crippen molar-refractivity contribution in [3.8, 4) is 0 Å². The summed E-state index contributed by atoms with van der Waals surface area (Å²) in [5.41, 5.74) is 2.31. The summed E-state index contributed by atoms with van der Waals surface area (Å²) < 4.78 is 0. The number of hydrogen-bond donors (Lipinski definition) is 0. The van der Waals surface area contributed by atoms with E-state index in [2.05, 4.69) is 17.0 Å². The zero-order valence-electron chi connectivity index (χ0n) is 12.3. The Balaban J connectivity index is 1.59. The molecule has 20 heavy (non-hydrogen) atoms. The fourth-order valence-electron chi connectivity index (χ4n) is 3.61. The Bertz CT molecular complexity index is 439. The van der Waals surface area contributed by atoms with Gasteiger partial charge in [0.05, 0.1) is 6.54 Å². The molecule has 1 aliphatic carbocycles. The minimum absolute atomic E-state index is 0.282. The van der Waals surface area contributed by atoms with E-state index in [0.29, 0.717) is 6.54 Å². The number of benzene rings is 1. The van der Waals surface area contributed by atoms with Gasteiger partial charge in [-0.25, -0.2) is 0 Å². The summed E-state index contributed by atoms with van der Waals surface area (Å²) in [7, 11) is 0. The highest BCUT2D eigenvalue weighted by Gasteiger charge is 2.18. The van der Waals surface area contributed by atoms with E-state index in [0.717, 1.165) is 24.6 Å². The first-order valence-corrected chi connectivity index (χ1v) is 8.18. The van der Waals surface area contributed by atoms with Crippen LogP contribution >= 0.6 is 0 Å². The van der Waals surface area contributed by atoms with Crippen molar-refractivity contribution in [2.75, 3.05) is 19.6 Å². The first-order valence-electron chi connectivity index (χ1n) is 8.18. The predicted octanol–water partition coefficient (Wildman–Crippen LogP) is 4.01. The molecule has 1 heterocycles. The Morgan fingerprint density at radius 2 is 1.60 bits per heavy atom. The number of hydrogen-bond acceptors (Lipinski definition) is 2. The molecule has 0 bridgehead atoms. The van der Waals surface area contributed by atoms with Crippen molar-refractivity contribution < 1.29 is 4.79 Å². The van der Waals surface area contributed by atoms with E-state index in [1.54, 1.807) is 0 Å². The number of nitrogens with zero attached hydrogens (tertiary/aromatic N) is 1. The number of piperidine rings is 1. The predicted molar refractivity (Wildman–Crippen MR) is 82.3 cm³/mol. The van der Waals surface area contributed by atoms with E-state index >= 15 is 0 Å². The van der Waals surface area contributed by atoms with Crippen LogP contribution in [0.3, 0.4) is 0 Å². The SMILES string of the molecule is O=C(CN1CCCCC1)c1ccc(C2CCCC2)cc1. The smallest absolute Gasteiger partial charge is 0.176 e. The molecule has 0 N–H and O–H groups in total. The number of carbonyl (C=O) groups excluding carboxylic acids is 1. The van der Waals surface area contributed by atoms with Gasteiger partial charge in [-0.15, -0.1) is 0 Å². The molecule has 0 atom stereocenters. The molecule has 2 fully saturated rings. The lowest BCUT2D eigenvalue weighted by atomic mass is 9.96. The van der Waals surface area contributed by atoms with Crippen molar-refractivity contribution in [1.82, 2.24) is 4.90 Å². The van der Waals surface area contributed by atoms with Crippen LogP contribution < -0.4 is 0 Å². The Kier molecular flexibility index (Phi) is 4.51. The van der Waals surface area contributed by atoms with Gasteiger partial charge in [0.15, 0.2) is 5.78 Å². The molecule has 0 unspecified atom stereocenters. The number of ketones is 1. The summed E-state index contributed by atoms with van der Waals surface area (Å²) in [6, 6.07) is 8.44. The quantitative estimate of drug-likeness (QED) is 0.771. The molecule has 1 saturated carbocycles. The van der Waals surface area contributed by atoms with Gasteiger partial charge in [0.1, 0.15) is 0 Å². The highest BCUT2D eigenvalue weighted by Crippen LogP contribution is 2.33. The molecule has 0 radical (unpaired) electrons. The van der Waals surface area contributed by atoms with Crippen LogP contribution in [0.25, 0.3) is 0 Å². The molecule has 2 heteroatoms. The van der Waals surface area contributed by atoms with Crippen LogP contribution in [0.4, 0.5) is 0 Å². The topological polar surface area (TPSA) is 20.3 Å². The van der Waals surface area contributed by atoms with E-state index < -0.39 is 0 Å².